The third-order valence-corrected chi connectivity index (χ3v) is 6.60. The van der Waals surface area contributed by atoms with Crippen molar-refractivity contribution in [1.82, 2.24) is 15.3 Å². The smallest absolute Gasteiger partial charge is 0.223 e. The summed E-state index contributed by atoms with van der Waals surface area (Å²) in [4.78, 5) is 8.29. The molecule has 0 bridgehead atoms. The molecule has 2 N–H and O–H groups in total. The lowest BCUT2D eigenvalue weighted by molar-refractivity contribution is 0.366. The van der Waals surface area contributed by atoms with E-state index in [1.54, 1.807) is 18.5 Å². The van der Waals surface area contributed by atoms with Crippen LogP contribution in [0.2, 0.25) is 0 Å². The minimum absolute atomic E-state index is 0.0610. The number of hydrogen-bond donors (Lipinski definition) is 2. The number of nitrogens with zero attached hydrogens (tertiary/aromatic N) is 2. The van der Waals surface area contributed by atoms with E-state index in [1.807, 2.05) is 30.3 Å². The van der Waals surface area contributed by atoms with Crippen LogP contribution in [0.4, 0.5) is 5.95 Å². The molecule has 2 heterocycles. The minimum Gasteiger partial charge on any atom is -0.337 e. The molecule has 134 valence electrons. The molecule has 0 saturated carbocycles. The van der Waals surface area contributed by atoms with Crippen LogP contribution in [0.3, 0.4) is 0 Å². The highest BCUT2D eigenvalue weighted by atomic mass is 32.2. The molecule has 1 saturated heterocycles. The third kappa shape index (κ3) is 4.99. The molecule has 1 unspecified atom stereocenters. The zero-order valence-corrected chi connectivity index (χ0v) is 15.0. The van der Waals surface area contributed by atoms with Crippen molar-refractivity contribution in [3.05, 3.63) is 54.4 Å². The van der Waals surface area contributed by atoms with Crippen molar-refractivity contribution >= 4 is 15.8 Å². The van der Waals surface area contributed by atoms with Crippen LogP contribution in [0.1, 0.15) is 18.4 Å². The van der Waals surface area contributed by atoms with Crippen LogP contribution in [0.25, 0.3) is 0 Å². The number of rotatable bonds is 7. The zero-order valence-electron chi connectivity index (χ0n) is 14.1. The van der Waals surface area contributed by atoms with Crippen molar-refractivity contribution in [3.8, 4) is 0 Å². The lowest BCUT2D eigenvalue weighted by atomic mass is 9.98. The number of aromatic nitrogens is 2. The van der Waals surface area contributed by atoms with Crippen molar-refractivity contribution in [3.63, 3.8) is 0 Å². The molecule has 1 aliphatic rings. The van der Waals surface area contributed by atoms with E-state index in [1.165, 1.54) is 0 Å². The molecule has 7 heteroatoms. The van der Waals surface area contributed by atoms with Gasteiger partial charge in [-0.2, -0.15) is 0 Å². The quantitative estimate of drug-likeness (QED) is 0.784. The van der Waals surface area contributed by atoms with Gasteiger partial charge in [-0.1, -0.05) is 30.3 Å². The van der Waals surface area contributed by atoms with Crippen molar-refractivity contribution < 1.29 is 8.42 Å². The van der Waals surface area contributed by atoms with Gasteiger partial charge < -0.3 is 10.6 Å². The largest absolute Gasteiger partial charge is 0.337 e. The Morgan fingerprint density at radius 3 is 2.44 bits per heavy atom. The van der Waals surface area contributed by atoms with Gasteiger partial charge in [-0.25, -0.2) is 18.4 Å². The highest BCUT2D eigenvalue weighted by Crippen LogP contribution is 2.24. The van der Waals surface area contributed by atoms with Crippen molar-refractivity contribution in [2.45, 2.75) is 24.6 Å². The Morgan fingerprint density at radius 2 is 1.76 bits per heavy atom. The van der Waals surface area contributed by atoms with Gasteiger partial charge in [0.1, 0.15) is 5.37 Å². The molecule has 1 aliphatic heterocycles. The molecule has 0 spiro atoms. The molecule has 1 aromatic carbocycles. The Balaban J connectivity index is 1.76. The van der Waals surface area contributed by atoms with E-state index < -0.39 is 15.2 Å². The number of hydrogen-bond acceptors (Lipinski definition) is 6. The van der Waals surface area contributed by atoms with Gasteiger partial charge in [-0.3, -0.25) is 0 Å². The van der Waals surface area contributed by atoms with Crippen molar-refractivity contribution in [2.24, 2.45) is 5.92 Å². The zero-order chi connectivity index (χ0) is 17.5. The van der Waals surface area contributed by atoms with E-state index >= 15 is 0 Å². The Morgan fingerprint density at radius 1 is 1.08 bits per heavy atom. The maximum absolute atomic E-state index is 13.1. The molecule has 0 aliphatic carbocycles. The Kier molecular flexibility index (Phi) is 5.99. The molecule has 1 atom stereocenters. The summed E-state index contributed by atoms with van der Waals surface area (Å²) < 4.78 is 26.1. The van der Waals surface area contributed by atoms with E-state index in [2.05, 4.69) is 20.6 Å². The van der Waals surface area contributed by atoms with Gasteiger partial charge in [0, 0.05) is 12.4 Å². The number of benzene rings is 1. The lowest BCUT2D eigenvalue weighted by Crippen LogP contribution is -2.44. The summed E-state index contributed by atoms with van der Waals surface area (Å²) in [6.07, 6.45) is 5.41. The second-order valence-electron chi connectivity index (χ2n) is 6.33. The van der Waals surface area contributed by atoms with E-state index in [9.17, 15) is 8.42 Å². The van der Waals surface area contributed by atoms with Gasteiger partial charge in [0.15, 0.2) is 9.84 Å². The predicted molar refractivity (Wildman–Crippen MR) is 99.0 cm³/mol. The number of piperidine rings is 1. The lowest BCUT2D eigenvalue weighted by Gasteiger charge is -2.31. The fraction of sp³-hybridized carbons (Fsp3) is 0.444. The Bertz CT molecular complexity index is 747. The summed E-state index contributed by atoms with van der Waals surface area (Å²) in [6, 6.07) is 11.4. The topological polar surface area (TPSA) is 84.0 Å². The van der Waals surface area contributed by atoms with Gasteiger partial charge >= 0.3 is 0 Å². The summed E-state index contributed by atoms with van der Waals surface area (Å²) in [5.41, 5.74) is 1.03. The third-order valence-electron chi connectivity index (χ3n) is 4.55. The molecule has 0 radical (unpaired) electrons. The average molecular weight is 360 g/mol. The van der Waals surface area contributed by atoms with Crippen LogP contribution in [0, 0.1) is 5.92 Å². The molecule has 2 aromatic rings. The second-order valence-corrected chi connectivity index (χ2v) is 8.57. The van der Waals surface area contributed by atoms with Crippen LogP contribution < -0.4 is 10.6 Å². The summed E-state index contributed by atoms with van der Waals surface area (Å²) in [7, 11) is -3.34. The highest BCUT2D eigenvalue weighted by molar-refractivity contribution is 7.92. The predicted octanol–water partition coefficient (Wildman–Crippen LogP) is 1.87. The fourth-order valence-electron chi connectivity index (χ4n) is 3.18. The normalized spacial score (nSPS) is 17.1. The SMILES string of the molecule is O=S(=O)(CCc1ccccc1)C(Nc1ncccn1)C1CCNCC1. The first kappa shape index (κ1) is 17.8. The summed E-state index contributed by atoms with van der Waals surface area (Å²) in [5, 5.41) is 5.72. The van der Waals surface area contributed by atoms with Gasteiger partial charge in [-0.05, 0) is 49.9 Å². The molecule has 25 heavy (non-hydrogen) atoms. The van der Waals surface area contributed by atoms with Gasteiger partial charge in [0.2, 0.25) is 5.95 Å². The fourth-order valence-corrected chi connectivity index (χ4v) is 5.10. The van der Waals surface area contributed by atoms with Crippen LogP contribution in [0.15, 0.2) is 48.8 Å². The highest BCUT2D eigenvalue weighted by Gasteiger charge is 2.34. The van der Waals surface area contributed by atoms with E-state index in [-0.39, 0.29) is 11.7 Å². The first-order valence-electron chi connectivity index (χ1n) is 8.65. The standard InChI is InChI=1S/C18H24N4O2S/c23-25(24,14-9-15-5-2-1-3-6-15)17(16-7-12-19-13-8-16)22-18-20-10-4-11-21-18/h1-6,10-11,16-17,19H,7-9,12-14H2,(H,20,21,22). The van der Waals surface area contributed by atoms with Crippen LogP contribution in [-0.4, -0.2) is 42.6 Å². The molecule has 0 amide bonds. The molecular weight excluding hydrogens is 336 g/mol. The van der Waals surface area contributed by atoms with Crippen LogP contribution >= 0.6 is 0 Å². The van der Waals surface area contributed by atoms with Gasteiger partial charge in [0.05, 0.1) is 5.75 Å². The van der Waals surface area contributed by atoms with E-state index in [4.69, 9.17) is 0 Å². The maximum Gasteiger partial charge on any atom is 0.223 e. The van der Waals surface area contributed by atoms with E-state index in [0.717, 1.165) is 31.5 Å². The first-order valence-corrected chi connectivity index (χ1v) is 10.4. The summed E-state index contributed by atoms with van der Waals surface area (Å²) in [6.45, 7) is 1.68. The summed E-state index contributed by atoms with van der Waals surface area (Å²) >= 11 is 0. The monoisotopic (exact) mass is 360 g/mol. The Hall–Kier alpha value is -1.99. The number of anilines is 1. The van der Waals surface area contributed by atoms with Gasteiger partial charge in [-0.15, -0.1) is 0 Å². The summed E-state index contributed by atoms with van der Waals surface area (Å²) in [5.74, 6) is 0.547. The maximum atomic E-state index is 13.1. The molecule has 1 aromatic heterocycles. The van der Waals surface area contributed by atoms with Crippen LogP contribution in [-0.2, 0) is 16.3 Å². The first-order chi connectivity index (χ1) is 12.1. The van der Waals surface area contributed by atoms with Crippen molar-refractivity contribution in [1.29, 1.82) is 0 Å². The molecule has 1 fully saturated rings. The molecular formula is C18H24N4O2S. The molecule has 3 rings (SSSR count). The number of nitrogens with one attached hydrogen (secondary N) is 2. The average Bonchev–Trinajstić information content (AvgIpc) is 2.67. The number of aryl methyl sites for hydroxylation is 1. The van der Waals surface area contributed by atoms with E-state index in [0.29, 0.717) is 12.4 Å². The second kappa shape index (κ2) is 8.40. The van der Waals surface area contributed by atoms with Gasteiger partial charge in [0.25, 0.3) is 0 Å². The number of sulfone groups is 1. The van der Waals surface area contributed by atoms with Crippen LogP contribution in [0.5, 0.6) is 0 Å². The molecule has 6 nitrogen and oxygen atoms in total. The minimum atomic E-state index is -3.34. The van der Waals surface area contributed by atoms with Crippen molar-refractivity contribution in [2.75, 3.05) is 24.2 Å². The Labute approximate surface area is 149 Å².